The molecule has 4 aromatic carbocycles. The van der Waals surface area contributed by atoms with Crippen molar-refractivity contribution in [3.05, 3.63) is 155 Å². The number of aliphatic carboxylic acids is 2. The minimum absolute atomic E-state index is 0.00109. The van der Waals surface area contributed by atoms with Gasteiger partial charge < -0.3 is 89.8 Å². The van der Waals surface area contributed by atoms with Gasteiger partial charge in [-0.3, -0.25) is 63.8 Å². The van der Waals surface area contributed by atoms with Crippen LogP contribution in [0.3, 0.4) is 0 Å². The molecule has 7 aromatic rings. The second-order valence-electron chi connectivity index (χ2n) is 24.1. The van der Waals surface area contributed by atoms with Crippen LogP contribution >= 0.6 is 0 Å². The van der Waals surface area contributed by atoms with Crippen molar-refractivity contribution in [3.63, 3.8) is 0 Å². The number of anilines is 2. The molecule has 0 spiro atoms. The molecule has 3 heterocycles. The van der Waals surface area contributed by atoms with Crippen LogP contribution < -0.4 is 70.1 Å². The number of nitrogens with one attached hydrogen (secondary N) is 15. The molecule has 0 aliphatic rings. The van der Waals surface area contributed by atoms with Crippen molar-refractivity contribution >= 4 is 104 Å². The normalized spacial score (nSPS) is 12.9. The number of nitrogens with zero attached hydrogens (tertiary/aromatic N) is 4. The van der Waals surface area contributed by atoms with Gasteiger partial charge in [-0.25, -0.2) is 19.6 Å². The van der Waals surface area contributed by atoms with Gasteiger partial charge in [-0.1, -0.05) is 60.7 Å². The molecule has 0 saturated carbocycles. The van der Waals surface area contributed by atoms with Crippen LogP contribution in [0.4, 0.5) is 11.4 Å². The van der Waals surface area contributed by atoms with Crippen molar-refractivity contribution < 1.29 is 58.2 Å². The lowest BCUT2D eigenvalue weighted by Crippen LogP contribution is -2.57. The third-order valence-electron chi connectivity index (χ3n) is 15.9. The summed E-state index contributed by atoms with van der Waals surface area (Å²) in [6.07, 6.45) is 5.73. The highest BCUT2D eigenvalue weighted by Crippen LogP contribution is 2.22. The van der Waals surface area contributed by atoms with Crippen molar-refractivity contribution in [2.45, 2.75) is 100 Å². The summed E-state index contributed by atoms with van der Waals surface area (Å²) in [7, 11) is 3.21. The molecule has 34 heteroatoms. The SMILES string of the molecule is CN(CCC(=O)Nc1ccc2c(=O)c3ccc(NC(=O)CCN(C)CC(=O)N[C@@H](Cc4ccccc4)C(=O)N[C@@H](CCCNC(=N)N)C(=O)N[C@@H](Cc4c[nH]cn4)C(=O)O)cc3[nH]c2c1)CC(=O)N[C@@H](Cc1ccccc1)C(=O)N[C@@H](CCCNC(=N)N)C(=O)N[C@@H](Cc1c[nH]cn1)C(=O)O. The number of hydrogen-bond acceptors (Lipinski definition) is 17. The van der Waals surface area contributed by atoms with Gasteiger partial charge in [0.15, 0.2) is 17.3 Å². The van der Waals surface area contributed by atoms with Crippen molar-refractivity contribution in [2.75, 3.05) is 64.0 Å². The zero-order valence-electron chi connectivity index (χ0n) is 55.7. The van der Waals surface area contributed by atoms with E-state index in [1.165, 1.54) is 25.0 Å². The monoisotopic (exact) mass is 1390 g/mol. The van der Waals surface area contributed by atoms with Crippen molar-refractivity contribution in [2.24, 2.45) is 11.5 Å². The molecule has 0 aliphatic carbocycles. The van der Waals surface area contributed by atoms with Crippen molar-refractivity contribution in [1.29, 1.82) is 10.8 Å². The summed E-state index contributed by atoms with van der Waals surface area (Å²) in [4.78, 5) is 168. The van der Waals surface area contributed by atoms with Crippen LogP contribution in [0.2, 0.25) is 0 Å². The maximum atomic E-state index is 14.1. The van der Waals surface area contributed by atoms with Gasteiger partial charge in [0.1, 0.15) is 36.3 Å². The van der Waals surface area contributed by atoms with Gasteiger partial charge in [0.25, 0.3) is 0 Å². The second-order valence-corrected chi connectivity index (χ2v) is 24.1. The Balaban J connectivity index is 0.914. The molecule has 8 amide bonds. The van der Waals surface area contributed by atoms with Gasteiger partial charge in [-0.05, 0) is 87.3 Å². The van der Waals surface area contributed by atoms with E-state index >= 15 is 0 Å². The molecule has 6 atom stereocenters. The summed E-state index contributed by atoms with van der Waals surface area (Å²) in [6, 6.07) is 19.3. The molecule has 21 N–H and O–H groups in total. The number of hydrogen-bond donors (Lipinski definition) is 19. The van der Waals surface area contributed by atoms with E-state index in [2.05, 4.69) is 78.1 Å². The predicted molar refractivity (Wildman–Crippen MR) is 374 cm³/mol. The van der Waals surface area contributed by atoms with E-state index in [1.807, 2.05) is 0 Å². The van der Waals surface area contributed by atoms with Crippen LogP contribution in [0.15, 0.2) is 127 Å². The zero-order valence-corrected chi connectivity index (χ0v) is 55.7. The number of guanidine groups is 2. The first-order chi connectivity index (χ1) is 48.3. The Morgan fingerprint density at radius 1 is 0.495 bits per heavy atom. The number of aromatic nitrogens is 5. The van der Waals surface area contributed by atoms with Crippen LogP contribution in [0.5, 0.6) is 0 Å². The van der Waals surface area contributed by atoms with E-state index in [0.717, 1.165) is 0 Å². The van der Waals surface area contributed by atoms with E-state index in [4.69, 9.17) is 22.3 Å². The van der Waals surface area contributed by atoms with E-state index in [9.17, 15) is 63.0 Å². The molecular weight excluding hydrogens is 1310 g/mol. The fourth-order valence-corrected chi connectivity index (χ4v) is 10.7. The van der Waals surface area contributed by atoms with Crippen LogP contribution in [-0.2, 0) is 73.6 Å². The van der Waals surface area contributed by atoms with Gasteiger partial charge in [0.2, 0.25) is 47.3 Å². The average Bonchev–Trinajstić information content (AvgIpc) is 0.946. The van der Waals surface area contributed by atoms with Gasteiger partial charge >= 0.3 is 11.9 Å². The average molecular weight is 1390 g/mol. The van der Waals surface area contributed by atoms with Crippen molar-refractivity contribution in [1.82, 2.24) is 77.3 Å². The predicted octanol–water partition coefficient (Wildman–Crippen LogP) is -0.776. The lowest BCUT2D eigenvalue weighted by molar-refractivity contribution is -0.142. The topological polar surface area (TPSA) is 528 Å². The number of amides is 8. The molecule has 0 aliphatic heterocycles. The zero-order chi connectivity index (χ0) is 73.0. The molecule has 0 bridgehead atoms. The smallest absolute Gasteiger partial charge is 0.326 e. The first kappa shape index (κ1) is 76.3. The number of carboxylic acids is 2. The molecule has 536 valence electrons. The number of carboxylic acid groups (broad SMARTS) is 2. The number of rotatable bonds is 40. The minimum Gasteiger partial charge on any atom is -0.480 e. The highest BCUT2D eigenvalue weighted by molar-refractivity contribution is 6.00. The fraction of sp³-hybridized carbons (Fsp3) is 0.358. The van der Waals surface area contributed by atoms with Crippen LogP contribution in [-0.4, -0.2) is 206 Å². The molecular formula is C67H85N21O13. The third kappa shape index (κ3) is 25.4. The summed E-state index contributed by atoms with van der Waals surface area (Å²) in [5, 5.41) is 62.2. The number of likely N-dealkylation sites (N-methyl/N-ethyl adjacent to an activating group) is 2. The molecule has 3 aromatic heterocycles. The summed E-state index contributed by atoms with van der Waals surface area (Å²) in [5.41, 5.74) is 14.1. The minimum atomic E-state index is -1.40. The van der Waals surface area contributed by atoms with Gasteiger partial charge in [-0.2, -0.15) is 0 Å². The maximum Gasteiger partial charge on any atom is 0.326 e. The number of pyridine rings is 1. The summed E-state index contributed by atoms with van der Waals surface area (Å²) in [5.74, 6) is -8.37. The Labute approximate surface area is 579 Å². The molecule has 0 fully saturated rings. The number of fused-ring (bicyclic) bond motifs is 2. The van der Waals surface area contributed by atoms with Crippen molar-refractivity contribution in [3.8, 4) is 0 Å². The van der Waals surface area contributed by atoms with Gasteiger partial charge in [0, 0.05) is 99.2 Å². The Hall–Kier alpha value is -12.1. The Bertz CT molecular complexity index is 3830. The Morgan fingerprint density at radius 3 is 1.23 bits per heavy atom. The lowest BCUT2D eigenvalue weighted by atomic mass is 10.0. The second kappa shape index (κ2) is 38.2. The number of aromatic amines is 3. The Kier molecular flexibility index (Phi) is 28.8. The van der Waals surface area contributed by atoms with E-state index < -0.39 is 95.4 Å². The van der Waals surface area contributed by atoms with Gasteiger partial charge in [0.05, 0.1) is 48.2 Å². The molecule has 0 saturated heterocycles. The van der Waals surface area contributed by atoms with E-state index in [1.54, 1.807) is 121 Å². The Morgan fingerprint density at radius 2 is 0.871 bits per heavy atom. The van der Waals surface area contributed by atoms with Gasteiger partial charge in [-0.15, -0.1) is 0 Å². The van der Waals surface area contributed by atoms with E-state index in [-0.39, 0.29) is 121 Å². The summed E-state index contributed by atoms with van der Waals surface area (Å²) in [6.45, 7) is -0.00390. The summed E-state index contributed by atoms with van der Waals surface area (Å²) >= 11 is 0. The lowest BCUT2D eigenvalue weighted by Gasteiger charge is -2.25. The number of benzene rings is 4. The number of H-pyrrole nitrogens is 3. The number of carbonyl (C=O) groups excluding carboxylic acids is 8. The van der Waals surface area contributed by atoms with Crippen LogP contribution in [0.1, 0.15) is 61.0 Å². The molecule has 101 heavy (non-hydrogen) atoms. The summed E-state index contributed by atoms with van der Waals surface area (Å²) < 4.78 is 0. The first-order valence-corrected chi connectivity index (χ1v) is 32.4. The standard InChI is InChI=1S/C67H85N21O13/c1-87(35-57(91)81-51(27-39-11-5-3-6-12-39)62(96)83-47(15-9-23-74-66(68)69)60(94)85-53(64(98)99)31-43-33-72-37-76-43)25-21-55(89)78-41-17-19-45-49(29-41)80-50-30-42(18-20-46(50)59(45)93)79-56(90)22-26-88(2)36-58(92)82-52(28-40-13-7-4-8-14-40)63(97)84-48(16-10-24-75-67(70)71)61(95)86-54(65(100)101)32-44-34-73-38-77-44/h3-8,11-14,17-20,29-30,33-34,37-38,47-48,51-54H,9-10,15-16,21-28,31-32,35-36H2,1-2H3,(H,72,76)(H,73,77)(H,78,89)(H,79,90)(H,80,93)(H,81,91)(H,82,92)(H,83,96)(H,84,97)(H,85,94)(H,86,95)(H,98,99)(H,100,101)(H4,68,69,74)(H4,70,71,75)/t47-,48-,51-,52-,53-,54-/m0/s1. The fourth-order valence-electron chi connectivity index (χ4n) is 10.7. The number of nitrogens with two attached hydrogens (primary N) is 2. The molecule has 0 unspecified atom stereocenters. The molecule has 0 radical (unpaired) electrons. The van der Waals surface area contributed by atoms with Crippen LogP contribution in [0.25, 0.3) is 21.8 Å². The molecule has 34 nitrogen and oxygen atoms in total. The quantitative estimate of drug-likeness (QED) is 0.00970. The number of carbonyl (C=O) groups is 10. The molecule has 7 rings (SSSR count). The van der Waals surface area contributed by atoms with E-state index in [0.29, 0.717) is 55.7 Å². The highest BCUT2D eigenvalue weighted by Gasteiger charge is 2.33. The maximum absolute atomic E-state index is 14.1. The number of imidazole rings is 2. The highest BCUT2D eigenvalue weighted by atomic mass is 16.4. The largest absolute Gasteiger partial charge is 0.480 e. The first-order valence-electron chi connectivity index (χ1n) is 32.4. The third-order valence-corrected chi connectivity index (χ3v) is 15.9. The van der Waals surface area contributed by atoms with Crippen LogP contribution in [0, 0.1) is 10.8 Å².